The second kappa shape index (κ2) is 7.87. The summed E-state index contributed by atoms with van der Waals surface area (Å²) in [5.41, 5.74) is 0.463. The van der Waals surface area contributed by atoms with Crippen molar-refractivity contribution < 1.29 is 18.1 Å². The Morgan fingerprint density at radius 3 is 2.65 bits per heavy atom. The van der Waals surface area contributed by atoms with E-state index in [1.54, 1.807) is 19.9 Å². The average Bonchev–Trinajstić information content (AvgIpc) is 2.51. The Balaban J connectivity index is 2.78. The molecular formula is C15H20N2O5S. The third-order valence-electron chi connectivity index (χ3n) is 3.44. The van der Waals surface area contributed by atoms with Gasteiger partial charge in [0.1, 0.15) is 0 Å². The summed E-state index contributed by atoms with van der Waals surface area (Å²) in [6.07, 6.45) is 2.74. The number of non-ortho nitro benzene ring substituents is 1. The van der Waals surface area contributed by atoms with Crippen LogP contribution in [0.2, 0.25) is 0 Å². The summed E-state index contributed by atoms with van der Waals surface area (Å²) in [6.45, 7) is 3.22. The second-order valence-corrected chi connectivity index (χ2v) is 7.58. The van der Waals surface area contributed by atoms with Crippen LogP contribution >= 0.6 is 0 Å². The minimum atomic E-state index is -3.17. The monoisotopic (exact) mass is 340 g/mol. The lowest BCUT2D eigenvalue weighted by Crippen LogP contribution is -2.38. The van der Waals surface area contributed by atoms with Crippen LogP contribution in [-0.4, -0.2) is 48.7 Å². The summed E-state index contributed by atoms with van der Waals surface area (Å²) in [4.78, 5) is 23.6. The lowest BCUT2D eigenvalue weighted by molar-refractivity contribution is -0.384. The first-order chi connectivity index (χ1) is 10.7. The van der Waals surface area contributed by atoms with Gasteiger partial charge in [0, 0.05) is 37.1 Å². The fraction of sp³-hybridized carbons (Fsp3) is 0.400. The van der Waals surface area contributed by atoms with Gasteiger partial charge in [-0.05, 0) is 18.6 Å². The SMILES string of the molecule is CCS(=O)(=O)CC(C)N(C)C(=O)/C=C/c1cccc([N+](=O)[O-])c1. The molecule has 8 heteroatoms. The molecule has 126 valence electrons. The van der Waals surface area contributed by atoms with Gasteiger partial charge in [-0.3, -0.25) is 14.9 Å². The number of nitro benzene ring substituents is 1. The van der Waals surface area contributed by atoms with Gasteiger partial charge < -0.3 is 4.90 Å². The van der Waals surface area contributed by atoms with Gasteiger partial charge in [-0.15, -0.1) is 0 Å². The molecule has 0 saturated heterocycles. The van der Waals surface area contributed by atoms with Crippen LogP contribution in [0.1, 0.15) is 19.4 Å². The van der Waals surface area contributed by atoms with Crippen LogP contribution in [-0.2, 0) is 14.6 Å². The van der Waals surface area contributed by atoms with Crippen LogP contribution < -0.4 is 0 Å². The van der Waals surface area contributed by atoms with Crippen molar-refractivity contribution in [2.75, 3.05) is 18.6 Å². The molecule has 7 nitrogen and oxygen atoms in total. The summed E-state index contributed by atoms with van der Waals surface area (Å²) < 4.78 is 23.2. The standard InChI is InChI=1S/C15H20N2O5S/c1-4-23(21,22)11-12(2)16(3)15(18)9-8-13-6-5-7-14(10-13)17(19)20/h5-10,12H,4,11H2,1-3H3/b9-8+. The summed E-state index contributed by atoms with van der Waals surface area (Å²) in [7, 11) is -1.65. The van der Waals surface area contributed by atoms with Crippen molar-refractivity contribution in [3.63, 3.8) is 0 Å². The summed E-state index contributed by atoms with van der Waals surface area (Å²) in [5, 5.41) is 10.7. The van der Waals surface area contributed by atoms with Gasteiger partial charge in [0.05, 0.1) is 10.7 Å². The highest BCUT2D eigenvalue weighted by molar-refractivity contribution is 7.91. The van der Waals surface area contributed by atoms with Crippen molar-refractivity contribution in [1.29, 1.82) is 0 Å². The number of likely N-dealkylation sites (N-methyl/N-ethyl adjacent to an activating group) is 1. The van der Waals surface area contributed by atoms with E-state index in [4.69, 9.17) is 0 Å². The Hall–Kier alpha value is -2.22. The number of hydrogen-bond acceptors (Lipinski definition) is 5. The first-order valence-corrected chi connectivity index (χ1v) is 8.88. The van der Waals surface area contributed by atoms with Crippen molar-refractivity contribution in [2.45, 2.75) is 19.9 Å². The van der Waals surface area contributed by atoms with E-state index in [2.05, 4.69) is 0 Å². The van der Waals surface area contributed by atoms with Crippen LogP contribution in [0.4, 0.5) is 5.69 Å². The number of nitro groups is 1. The third kappa shape index (κ3) is 5.82. The zero-order valence-electron chi connectivity index (χ0n) is 13.3. The number of benzene rings is 1. The van der Waals surface area contributed by atoms with Gasteiger partial charge >= 0.3 is 0 Å². The molecule has 0 aliphatic rings. The van der Waals surface area contributed by atoms with Crippen LogP contribution in [0.3, 0.4) is 0 Å². The van der Waals surface area contributed by atoms with E-state index < -0.39 is 20.8 Å². The highest BCUT2D eigenvalue weighted by atomic mass is 32.2. The zero-order chi connectivity index (χ0) is 17.6. The molecule has 0 aliphatic heterocycles. The summed E-state index contributed by atoms with van der Waals surface area (Å²) >= 11 is 0. The molecule has 0 bridgehead atoms. The normalized spacial score (nSPS) is 13.0. The molecule has 1 rings (SSSR count). The Bertz CT molecular complexity index is 712. The minimum Gasteiger partial charge on any atom is -0.338 e. The van der Waals surface area contributed by atoms with Crippen LogP contribution in [0, 0.1) is 10.1 Å². The van der Waals surface area contributed by atoms with E-state index in [9.17, 15) is 23.3 Å². The van der Waals surface area contributed by atoms with E-state index in [0.29, 0.717) is 5.56 Å². The lowest BCUT2D eigenvalue weighted by Gasteiger charge is -2.23. The Morgan fingerprint density at radius 2 is 2.09 bits per heavy atom. The molecule has 23 heavy (non-hydrogen) atoms. The zero-order valence-corrected chi connectivity index (χ0v) is 14.1. The molecule has 1 amide bonds. The second-order valence-electron chi connectivity index (χ2n) is 5.18. The number of rotatable bonds is 7. The van der Waals surface area contributed by atoms with Crippen molar-refractivity contribution in [2.24, 2.45) is 0 Å². The Labute approximate surface area is 135 Å². The highest BCUT2D eigenvalue weighted by Crippen LogP contribution is 2.14. The number of sulfone groups is 1. The number of nitrogens with zero attached hydrogens (tertiary/aromatic N) is 2. The van der Waals surface area contributed by atoms with Gasteiger partial charge in [-0.2, -0.15) is 0 Å². The van der Waals surface area contributed by atoms with Crippen molar-refractivity contribution >= 4 is 27.5 Å². The van der Waals surface area contributed by atoms with Gasteiger partial charge in [0.25, 0.3) is 5.69 Å². The molecule has 0 heterocycles. The van der Waals surface area contributed by atoms with Crippen LogP contribution in [0.25, 0.3) is 6.08 Å². The van der Waals surface area contributed by atoms with Gasteiger partial charge in [-0.25, -0.2) is 8.42 Å². The molecule has 0 saturated carbocycles. The quantitative estimate of drug-likeness (QED) is 0.429. The Morgan fingerprint density at radius 1 is 1.43 bits per heavy atom. The highest BCUT2D eigenvalue weighted by Gasteiger charge is 2.19. The smallest absolute Gasteiger partial charge is 0.270 e. The van der Waals surface area contributed by atoms with E-state index in [-0.39, 0.29) is 23.1 Å². The molecule has 1 unspecified atom stereocenters. The first kappa shape index (κ1) is 18.8. The van der Waals surface area contributed by atoms with Crippen LogP contribution in [0.15, 0.2) is 30.3 Å². The molecule has 0 fully saturated rings. The predicted octanol–water partition coefficient (Wildman–Crippen LogP) is 1.89. The number of carbonyl (C=O) groups is 1. The molecule has 1 aromatic rings. The summed E-state index contributed by atoms with van der Waals surface area (Å²) in [6, 6.07) is 5.43. The fourth-order valence-corrected chi connectivity index (χ4v) is 3.04. The molecule has 0 aliphatic carbocycles. The third-order valence-corrected chi connectivity index (χ3v) is 5.31. The van der Waals surface area contributed by atoms with E-state index in [1.807, 2.05) is 0 Å². The number of carbonyl (C=O) groups excluding carboxylic acids is 1. The molecule has 1 atom stereocenters. The average molecular weight is 340 g/mol. The molecule has 0 aromatic heterocycles. The molecule has 0 radical (unpaired) electrons. The van der Waals surface area contributed by atoms with E-state index >= 15 is 0 Å². The fourth-order valence-electron chi connectivity index (χ4n) is 1.84. The Kier molecular flexibility index (Phi) is 6.44. The predicted molar refractivity (Wildman–Crippen MR) is 88.7 cm³/mol. The maximum atomic E-state index is 12.1. The van der Waals surface area contributed by atoms with Crippen LogP contribution in [0.5, 0.6) is 0 Å². The summed E-state index contributed by atoms with van der Waals surface area (Å²) in [5.74, 6) is -0.436. The maximum Gasteiger partial charge on any atom is 0.270 e. The molecule has 0 N–H and O–H groups in total. The molecule has 1 aromatic carbocycles. The van der Waals surface area contributed by atoms with Crippen molar-refractivity contribution in [3.8, 4) is 0 Å². The van der Waals surface area contributed by atoms with Crippen molar-refractivity contribution in [1.82, 2.24) is 4.90 Å². The van der Waals surface area contributed by atoms with Crippen molar-refractivity contribution in [3.05, 3.63) is 46.0 Å². The van der Waals surface area contributed by atoms with Gasteiger partial charge in [0.15, 0.2) is 9.84 Å². The lowest BCUT2D eigenvalue weighted by atomic mass is 10.2. The molecule has 0 spiro atoms. The minimum absolute atomic E-state index is 0.0306. The number of hydrogen-bond donors (Lipinski definition) is 0. The number of amides is 1. The largest absolute Gasteiger partial charge is 0.338 e. The first-order valence-electron chi connectivity index (χ1n) is 7.06. The van der Waals surface area contributed by atoms with Gasteiger partial charge in [-0.1, -0.05) is 19.1 Å². The van der Waals surface area contributed by atoms with E-state index in [0.717, 1.165) is 0 Å². The molecular weight excluding hydrogens is 320 g/mol. The maximum absolute atomic E-state index is 12.1. The topological polar surface area (TPSA) is 97.6 Å². The van der Waals surface area contributed by atoms with Gasteiger partial charge in [0.2, 0.25) is 5.91 Å². The van der Waals surface area contributed by atoms with E-state index in [1.165, 1.54) is 42.3 Å².